The van der Waals surface area contributed by atoms with Gasteiger partial charge < -0.3 is 0 Å². The molecule has 0 aliphatic heterocycles. The molecule has 138 valence electrons. The van der Waals surface area contributed by atoms with Crippen LogP contribution in [0.15, 0.2) is 41.4 Å². The van der Waals surface area contributed by atoms with Gasteiger partial charge in [-0.05, 0) is 18.2 Å². The van der Waals surface area contributed by atoms with E-state index >= 15 is 0 Å². The van der Waals surface area contributed by atoms with Gasteiger partial charge in [0, 0.05) is 17.1 Å². The first-order chi connectivity index (χ1) is 12.0. The van der Waals surface area contributed by atoms with Crippen molar-refractivity contribution >= 4 is 45.9 Å². The van der Waals surface area contributed by atoms with Crippen LogP contribution < -0.4 is 0 Å². The Bertz CT molecular complexity index is 957. The van der Waals surface area contributed by atoms with Crippen LogP contribution in [0.3, 0.4) is 0 Å². The smallest absolute Gasteiger partial charge is 0.229 e. The van der Waals surface area contributed by atoms with E-state index in [1.807, 2.05) is 0 Å². The van der Waals surface area contributed by atoms with Gasteiger partial charge in [0.25, 0.3) is 0 Å². The SMILES string of the molecule is FC(F)(F)Sc1nn(-c2c(Cl)cc(C(F)(F)F)cc2Cl)c2ccccc12. The van der Waals surface area contributed by atoms with Crippen LogP contribution in [0.5, 0.6) is 0 Å². The summed E-state index contributed by atoms with van der Waals surface area (Å²) < 4.78 is 77.9. The minimum absolute atomic E-state index is 0.133. The molecule has 11 heteroatoms. The maximum absolute atomic E-state index is 12.9. The second-order valence-electron chi connectivity index (χ2n) is 5.07. The van der Waals surface area contributed by atoms with Crippen molar-refractivity contribution in [2.24, 2.45) is 0 Å². The molecule has 1 aromatic heterocycles. The number of hydrogen-bond donors (Lipinski definition) is 0. The third kappa shape index (κ3) is 3.74. The first kappa shape index (κ1) is 19.2. The summed E-state index contributed by atoms with van der Waals surface area (Å²) in [5.41, 5.74) is -5.57. The zero-order valence-electron chi connectivity index (χ0n) is 12.3. The highest BCUT2D eigenvalue weighted by Crippen LogP contribution is 2.42. The van der Waals surface area contributed by atoms with Crippen molar-refractivity contribution in [1.29, 1.82) is 0 Å². The fourth-order valence-corrected chi connectivity index (χ4v) is 3.60. The Hall–Kier alpha value is -1.58. The van der Waals surface area contributed by atoms with E-state index in [4.69, 9.17) is 23.2 Å². The molecule has 0 aliphatic carbocycles. The number of para-hydroxylation sites is 1. The molecule has 3 aromatic rings. The first-order valence-electron chi connectivity index (χ1n) is 6.77. The first-order valence-corrected chi connectivity index (χ1v) is 8.35. The molecule has 0 radical (unpaired) electrons. The fourth-order valence-electron chi connectivity index (χ4n) is 2.32. The van der Waals surface area contributed by atoms with E-state index < -0.39 is 29.0 Å². The Kier molecular flexibility index (Phi) is 4.83. The summed E-state index contributed by atoms with van der Waals surface area (Å²) in [4.78, 5) is 0. The number of alkyl halides is 6. The molecule has 0 unspecified atom stereocenters. The van der Waals surface area contributed by atoms with Crippen LogP contribution in [0.25, 0.3) is 16.6 Å². The highest BCUT2D eigenvalue weighted by molar-refractivity contribution is 8.00. The standard InChI is InChI=1S/C15H6Cl2F6N2S/c16-9-5-7(14(18,19)20)6-10(17)12(9)25-11-4-2-1-3-8(11)13(24-25)26-15(21,22)23/h1-6H. The monoisotopic (exact) mass is 430 g/mol. The van der Waals surface area contributed by atoms with Crippen LogP contribution >= 0.6 is 35.0 Å². The largest absolute Gasteiger partial charge is 0.447 e. The van der Waals surface area contributed by atoms with Crippen LogP contribution in [-0.4, -0.2) is 15.3 Å². The average molecular weight is 431 g/mol. The number of nitrogens with zero attached hydrogens (tertiary/aromatic N) is 2. The Morgan fingerprint density at radius 2 is 1.50 bits per heavy atom. The third-order valence-corrected chi connectivity index (χ3v) is 4.62. The topological polar surface area (TPSA) is 17.8 Å². The lowest BCUT2D eigenvalue weighted by Crippen LogP contribution is -2.07. The Labute approximate surface area is 156 Å². The normalized spacial score (nSPS) is 12.8. The summed E-state index contributed by atoms with van der Waals surface area (Å²) in [5.74, 6) is 0. The van der Waals surface area contributed by atoms with Gasteiger partial charge in [-0.2, -0.15) is 31.4 Å². The number of halogens is 8. The Morgan fingerprint density at radius 1 is 0.923 bits per heavy atom. The van der Waals surface area contributed by atoms with Crippen molar-refractivity contribution in [1.82, 2.24) is 9.78 Å². The number of hydrogen-bond acceptors (Lipinski definition) is 2. The molecule has 0 fully saturated rings. The molecular weight excluding hydrogens is 425 g/mol. The van der Waals surface area contributed by atoms with Gasteiger partial charge in [-0.25, -0.2) is 4.68 Å². The molecule has 2 aromatic carbocycles. The van der Waals surface area contributed by atoms with E-state index in [2.05, 4.69) is 5.10 Å². The molecule has 3 rings (SSSR count). The van der Waals surface area contributed by atoms with Crippen molar-refractivity contribution in [2.75, 3.05) is 0 Å². The summed E-state index contributed by atoms with van der Waals surface area (Å²) in [6.45, 7) is 0. The van der Waals surface area contributed by atoms with Gasteiger partial charge in [0.05, 0.1) is 21.1 Å². The molecule has 1 heterocycles. The van der Waals surface area contributed by atoms with Gasteiger partial charge >= 0.3 is 11.7 Å². The van der Waals surface area contributed by atoms with Crippen LogP contribution in [0.4, 0.5) is 26.3 Å². The van der Waals surface area contributed by atoms with Crippen LogP contribution in [0.2, 0.25) is 10.0 Å². The summed E-state index contributed by atoms with van der Waals surface area (Å²) in [6.07, 6.45) is -4.67. The average Bonchev–Trinajstić information content (AvgIpc) is 2.83. The van der Waals surface area contributed by atoms with Crippen LogP contribution in [0, 0.1) is 0 Å². The number of thioether (sulfide) groups is 1. The minimum Gasteiger partial charge on any atom is -0.229 e. The van der Waals surface area contributed by atoms with E-state index in [9.17, 15) is 26.3 Å². The molecule has 26 heavy (non-hydrogen) atoms. The van der Waals surface area contributed by atoms with Crippen molar-refractivity contribution in [3.05, 3.63) is 52.0 Å². The van der Waals surface area contributed by atoms with E-state index in [1.54, 1.807) is 6.07 Å². The van der Waals surface area contributed by atoms with Crippen molar-refractivity contribution in [3.63, 3.8) is 0 Å². The van der Waals surface area contributed by atoms with Gasteiger partial charge in [-0.15, -0.1) is 0 Å². The summed E-state index contributed by atoms with van der Waals surface area (Å²) in [7, 11) is 0. The zero-order valence-corrected chi connectivity index (χ0v) is 14.6. The summed E-state index contributed by atoms with van der Waals surface area (Å²) in [5, 5.41) is 2.90. The van der Waals surface area contributed by atoms with Crippen molar-refractivity contribution in [2.45, 2.75) is 16.7 Å². The molecule has 0 N–H and O–H groups in total. The van der Waals surface area contributed by atoms with Gasteiger partial charge in [-0.3, -0.25) is 0 Å². The quantitative estimate of drug-likeness (QED) is 0.323. The van der Waals surface area contributed by atoms with E-state index in [0.717, 1.165) is 4.68 Å². The second-order valence-corrected chi connectivity index (χ2v) is 6.94. The van der Waals surface area contributed by atoms with E-state index in [0.29, 0.717) is 12.1 Å². The maximum atomic E-state index is 12.9. The molecule has 2 nitrogen and oxygen atoms in total. The Balaban J connectivity index is 2.24. The van der Waals surface area contributed by atoms with E-state index in [1.165, 1.54) is 18.2 Å². The van der Waals surface area contributed by atoms with Gasteiger partial charge in [0.1, 0.15) is 10.7 Å². The third-order valence-electron chi connectivity index (χ3n) is 3.32. The molecule has 0 saturated carbocycles. The predicted octanol–water partition coefficient (Wildman–Crippen LogP) is 6.96. The van der Waals surface area contributed by atoms with Gasteiger partial charge in [0.2, 0.25) is 0 Å². The molecule has 0 saturated heterocycles. The van der Waals surface area contributed by atoms with Crippen LogP contribution in [-0.2, 0) is 6.18 Å². The predicted molar refractivity (Wildman–Crippen MR) is 88.0 cm³/mol. The molecule has 0 aliphatic rings. The Morgan fingerprint density at radius 3 is 2.04 bits per heavy atom. The number of rotatable bonds is 2. The molecule has 0 bridgehead atoms. The lowest BCUT2D eigenvalue weighted by molar-refractivity contribution is -0.137. The summed E-state index contributed by atoms with van der Waals surface area (Å²) >= 11 is 11.5. The van der Waals surface area contributed by atoms with Crippen molar-refractivity contribution < 1.29 is 26.3 Å². The number of fused-ring (bicyclic) bond motifs is 1. The maximum Gasteiger partial charge on any atom is 0.447 e. The van der Waals surface area contributed by atoms with Crippen LogP contribution in [0.1, 0.15) is 5.56 Å². The highest BCUT2D eigenvalue weighted by Gasteiger charge is 2.34. The van der Waals surface area contributed by atoms with Gasteiger partial charge in [0.15, 0.2) is 0 Å². The molecule has 0 spiro atoms. The molecular formula is C15H6Cl2F6N2S. The minimum atomic E-state index is -4.67. The lowest BCUT2D eigenvalue weighted by Gasteiger charge is -2.13. The molecule has 0 amide bonds. The fraction of sp³-hybridized carbons (Fsp3) is 0.133. The number of aromatic nitrogens is 2. The van der Waals surface area contributed by atoms with Crippen molar-refractivity contribution in [3.8, 4) is 5.69 Å². The second kappa shape index (κ2) is 6.54. The van der Waals surface area contributed by atoms with E-state index in [-0.39, 0.29) is 31.7 Å². The van der Waals surface area contributed by atoms with Gasteiger partial charge in [-0.1, -0.05) is 41.4 Å². The lowest BCUT2D eigenvalue weighted by atomic mass is 10.2. The zero-order chi connectivity index (χ0) is 19.3. The highest BCUT2D eigenvalue weighted by atomic mass is 35.5. The number of benzene rings is 2. The summed E-state index contributed by atoms with van der Waals surface area (Å²) in [6, 6.07) is 7.25. The molecule has 0 atom stereocenters.